The maximum absolute atomic E-state index is 12.9. The summed E-state index contributed by atoms with van der Waals surface area (Å²) in [7, 11) is 0. The highest BCUT2D eigenvalue weighted by Crippen LogP contribution is 2.28. The number of hydrogen-bond acceptors (Lipinski definition) is 3. The van der Waals surface area contributed by atoms with Crippen LogP contribution in [0.2, 0.25) is 5.02 Å². The molecule has 1 saturated carbocycles. The Balaban J connectivity index is 1.53. The monoisotopic (exact) mass is 391 g/mol. The Hall–Kier alpha value is -1.59. The normalized spacial score (nSPS) is 21.9. The molecule has 2 aliphatic rings. The first-order valence-corrected chi connectivity index (χ1v) is 10.5. The van der Waals surface area contributed by atoms with Gasteiger partial charge in [-0.3, -0.25) is 9.59 Å². The Morgan fingerprint density at radius 2 is 1.96 bits per heavy atom. The number of amides is 2. The van der Waals surface area contributed by atoms with Gasteiger partial charge in [0, 0.05) is 18.1 Å². The molecule has 2 unspecified atom stereocenters. The minimum atomic E-state index is -0.491. The summed E-state index contributed by atoms with van der Waals surface area (Å²) in [4.78, 5) is 27.2. The molecule has 1 aliphatic heterocycles. The summed E-state index contributed by atoms with van der Waals surface area (Å²) in [6.45, 7) is 1.03. The Bertz CT molecular complexity index is 661. The third-order valence-electron chi connectivity index (χ3n) is 5.82. The topological polar surface area (TPSA) is 75.4 Å². The van der Waals surface area contributed by atoms with E-state index in [-0.39, 0.29) is 11.8 Å². The molecule has 1 aliphatic carbocycles. The van der Waals surface area contributed by atoms with Gasteiger partial charge in [-0.25, -0.2) is 0 Å². The van der Waals surface area contributed by atoms with Crippen LogP contribution in [-0.4, -0.2) is 35.3 Å². The summed E-state index contributed by atoms with van der Waals surface area (Å²) in [6.07, 6.45) is 8.40. The van der Waals surface area contributed by atoms with Crippen molar-refractivity contribution in [2.45, 2.75) is 70.0 Å². The number of rotatable bonds is 6. The zero-order chi connectivity index (χ0) is 19.2. The van der Waals surface area contributed by atoms with Crippen LogP contribution in [0.25, 0.3) is 0 Å². The average Bonchev–Trinajstić information content (AvgIpc) is 3.16. The third kappa shape index (κ3) is 5.45. The largest absolute Gasteiger partial charge is 0.350 e. The van der Waals surface area contributed by atoms with Crippen molar-refractivity contribution in [2.24, 2.45) is 11.7 Å². The Morgan fingerprint density at radius 3 is 2.70 bits per heavy atom. The zero-order valence-electron chi connectivity index (χ0n) is 15.8. The molecular formula is C21H30ClN3O2. The van der Waals surface area contributed by atoms with E-state index in [2.05, 4.69) is 5.32 Å². The molecule has 0 radical (unpaired) electrons. The smallest absolute Gasteiger partial charge is 0.243 e. The van der Waals surface area contributed by atoms with Crippen molar-refractivity contribution in [1.29, 1.82) is 0 Å². The van der Waals surface area contributed by atoms with Gasteiger partial charge in [-0.05, 0) is 42.9 Å². The molecule has 27 heavy (non-hydrogen) atoms. The Morgan fingerprint density at radius 1 is 1.19 bits per heavy atom. The van der Waals surface area contributed by atoms with E-state index in [4.69, 9.17) is 17.3 Å². The Kier molecular flexibility index (Phi) is 7.13. The van der Waals surface area contributed by atoms with Gasteiger partial charge in [0.1, 0.15) is 6.04 Å². The first kappa shape index (κ1) is 20.2. The summed E-state index contributed by atoms with van der Waals surface area (Å²) >= 11 is 5.99. The maximum atomic E-state index is 12.9. The predicted octanol–water partition coefficient (Wildman–Crippen LogP) is 3.24. The van der Waals surface area contributed by atoms with Crippen LogP contribution in [0, 0.1) is 5.92 Å². The molecular weight excluding hydrogens is 362 g/mol. The molecule has 1 heterocycles. The molecule has 3 N–H and O–H groups in total. The number of benzene rings is 1. The van der Waals surface area contributed by atoms with E-state index < -0.39 is 12.1 Å². The van der Waals surface area contributed by atoms with Crippen molar-refractivity contribution >= 4 is 23.4 Å². The van der Waals surface area contributed by atoms with Gasteiger partial charge in [-0.2, -0.15) is 0 Å². The lowest BCUT2D eigenvalue weighted by Gasteiger charge is -2.29. The number of carbonyl (C=O) groups is 2. The van der Waals surface area contributed by atoms with Gasteiger partial charge in [0.25, 0.3) is 0 Å². The van der Waals surface area contributed by atoms with E-state index in [1.165, 1.54) is 32.1 Å². The van der Waals surface area contributed by atoms with Crippen molar-refractivity contribution in [3.05, 3.63) is 34.9 Å². The summed E-state index contributed by atoms with van der Waals surface area (Å²) < 4.78 is 0. The van der Waals surface area contributed by atoms with Gasteiger partial charge in [0.15, 0.2) is 0 Å². The quantitative estimate of drug-likeness (QED) is 0.781. The highest BCUT2D eigenvalue weighted by atomic mass is 35.5. The fourth-order valence-corrected chi connectivity index (χ4v) is 4.57. The summed E-state index contributed by atoms with van der Waals surface area (Å²) in [5.41, 5.74) is 7.18. The van der Waals surface area contributed by atoms with Gasteiger partial charge in [0.2, 0.25) is 11.8 Å². The second-order valence-corrected chi connectivity index (χ2v) is 8.32. The van der Waals surface area contributed by atoms with E-state index >= 15 is 0 Å². The van der Waals surface area contributed by atoms with Crippen LogP contribution in [0.1, 0.15) is 56.9 Å². The molecule has 1 saturated heterocycles. The van der Waals surface area contributed by atoms with Crippen molar-refractivity contribution in [3.63, 3.8) is 0 Å². The molecule has 0 aromatic heterocycles. The zero-order valence-corrected chi connectivity index (χ0v) is 16.6. The molecule has 5 nitrogen and oxygen atoms in total. The van der Waals surface area contributed by atoms with Gasteiger partial charge < -0.3 is 16.0 Å². The van der Waals surface area contributed by atoms with Crippen LogP contribution in [0.15, 0.2) is 24.3 Å². The first-order chi connectivity index (χ1) is 13.0. The number of likely N-dealkylation sites (tertiary alicyclic amines) is 1. The molecule has 0 bridgehead atoms. The molecule has 6 heteroatoms. The fraction of sp³-hybridized carbons (Fsp3) is 0.619. The Labute approximate surface area is 166 Å². The minimum absolute atomic E-state index is 0.0685. The van der Waals surface area contributed by atoms with Crippen molar-refractivity contribution in [2.75, 3.05) is 6.54 Å². The van der Waals surface area contributed by atoms with Crippen LogP contribution >= 0.6 is 11.6 Å². The van der Waals surface area contributed by atoms with Crippen molar-refractivity contribution in [3.8, 4) is 0 Å². The second kappa shape index (κ2) is 9.56. The van der Waals surface area contributed by atoms with Crippen LogP contribution in [0.5, 0.6) is 0 Å². The predicted molar refractivity (Wildman–Crippen MR) is 107 cm³/mol. The molecule has 2 atom stereocenters. The summed E-state index contributed by atoms with van der Waals surface area (Å²) in [5.74, 6) is 0.377. The molecule has 2 fully saturated rings. The molecule has 0 spiro atoms. The lowest BCUT2D eigenvalue weighted by Crippen LogP contribution is -2.51. The lowest BCUT2D eigenvalue weighted by atomic mass is 9.84. The molecule has 3 rings (SSSR count). The SMILES string of the molecule is NC(CC1CCCCC1)C(=O)N1CCCC1C(=O)NCc1cccc(Cl)c1. The van der Waals surface area contributed by atoms with Crippen molar-refractivity contribution < 1.29 is 9.59 Å². The average molecular weight is 392 g/mol. The van der Waals surface area contributed by atoms with E-state index in [0.29, 0.717) is 30.5 Å². The number of halogens is 1. The number of nitrogens with two attached hydrogens (primary N) is 1. The number of carbonyl (C=O) groups excluding carboxylic acids is 2. The van der Waals surface area contributed by atoms with Crippen LogP contribution in [0.3, 0.4) is 0 Å². The van der Waals surface area contributed by atoms with Crippen LogP contribution < -0.4 is 11.1 Å². The van der Waals surface area contributed by atoms with Gasteiger partial charge in [0.05, 0.1) is 6.04 Å². The fourth-order valence-electron chi connectivity index (χ4n) is 4.35. The molecule has 2 amide bonds. The van der Waals surface area contributed by atoms with E-state index in [9.17, 15) is 9.59 Å². The minimum Gasteiger partial charge on any atom is -0.350 e. The van der Waals surface area contributed by atoms with Crippen LogP contribution in [-0.2, 0) is 16.1 Å². The number of nitrogens with zero attached hydrogens (tertiary/aromatic N) is 1. The first-order valence-electron chi connectivity index (χ1n) is 10.1. The van der Waals surface area contributed by atoms with E-state index in [0.717, 1.165) is 18.4 Å². The van der Waals surface area contributed by atoms with E-state index in [1.54, 1.807) is 11.0 Å². The summed E-state index contributed by atoms with van der Waals surface area (Å²) in [6, 6.07) is 6.52. The highest BCUT2D eigenvalue weighted by Gasteiger charge is 2.36. The number of hydrogen-bond donors (Lipinski definition) is 2. The number of nitrogens with one attached hydrogen (secondary N) is 1. The second-order valence-electron chi connectivity index (χ2n) is 7.88. The third-order valence-corrected chi connectivity index (χ3v) is 6.06. The van der Waals surface area contributed by atoms with E-state index in [1.807, 2.05) is 18.2 Å². The molecule has 148 valence electrons. The lowest BCUT2D eigenvalue weighted by molar-refractivity contribution is -0.139. The van der Waals surface area contributed by atoms with Gasteiger partial charge >= 0.3 is 0 Å². The van der Waals surface area contributed by atoms with Crippen LogP contribution in [0.4, 0.5) is 0 Å². The standard InChI is InChI=1S/C21H30ClN3O2/c22-17-9-4-8-16(12-17)14-24-20(26)19-10-5-11-25(19)21(27)18(23)13-15-6-2-1-3-7-15/h4,8-9,12,15,18-19H,1-3,5-7,10-11,13-14,23H2,(H,24,26). The van der Waals surface area contributed by atoms with Crippen molar-refractivity contribution in [1.82, 2.24) is 10.2 Å². The van der Waals surface area contributed by atoms with Gasteiger partial charge in [-0.1, -0.05) is 55.8 Å². The molecule has 1 aromatic rings. The summed E-state index contributed by atoms with van der Waals surface area (Å²) in [5, 5.41) is 3.59. The highest BCUT2D eigenvalue weighted by molar-refractivity contribution is 6.30. The molecule has 1 aromatic carbocycles. The maximum Gasteiger partial charge on any atom is 0.243 e. The van der Waals surface area contributed by atoms with Gasteiger partial charge in [-0.15, -0.1) is 0 Å².